The zero-order valence-corrected chi connectivity index (χ0v) is 19.0. The molecule has 1 unspecified atom stereocenters. The van der Waals surface area contributed by atoms with Crippen LogP contribution < -0.4 is 14.8 Å². The van der Waals surface area contributed by atoms with Crippen molar-refractivity contribution in [1.29, 1.82) is 0 Å². The molecule has 0 aliphatic carbocycles. The molecule has 33 heavy (non-hydrogen) atoms. The summed E-state index contributed by atoms with van der Waals surface area (Å²) in [7, 11) is -2.34. The molecular formula is C24H24N2O6S. The van der Waals surface area contributed by atoms with Crippen molar-refractivity contribution in [1.82, 2.24) is 5.32 Å². The van der Waals surface area contributed by atoms with Gasteiger partial charge in [0.25, 0.3) is 15.9 Å². The number of benzene rings is 3. The van der Waals surface area contributed by atoms with Crippen molar-refractivity contribution in [3.05, 3.63) is 90.0 Å². The summed E-state index contributed by atoms with van der Waals surface area (Å²) in [6.45, 7) is 1.78. The molecule has 0 aliphatic heterocycles. The summed E-state index contributed by atoms with van der Waals surface area (Å²) in [5.41, 5.74) is 1.42. The highest BCUT2D eigenvalue weighted by atomic mass is 32.2. The van der Waals surface area contributed by atoms with Crippen molar-refractivity contribution in [2.45, 2.75) is 24.5 Å². The Morgan fingerprint density at radius 3 is 2.15 bits per heavy atom. The summed E-state index contributed by atoms with van der Waals surface area (Å²) >= 11 is 0. The molecule has 0 saturated carbocycles. The molecule has 0 saturated heterocycles. The molecule has 3 aromatic carbocycles. The summed E-state index contributed by atoms with van der Waals surface area (Å²) in [4.78, 5) is 24.5. The van der Waals surface area contributed by atoms with Gasteiger partial charge in [0, 0.05) is 12.2 Å². The number of nitrogens with one attached hydrogen (secondary N) is 2. The van der Waals surface area contributed by atoms with Gasteiger partial charge in [-0.25, -0.2) is 13.2 Å². The molecule has 9 heteroatoms. The van der Waals surface area contributed by atoms with E-state index in [4.69, 9.17) is 9.47 Å². The van der Waals surface area contributed by atoms with Crippen LogP contribution in [0, 0.1) is 0 Å². The van der Waals surface area contributed by atoms with Gasteiger partial charge in [-0.05, 0) is 61.0 Å². The molecule has 2 N–H and O–H groups in total. The van der Waals surface area contributed by atoms with Gasteiger partial charge >= 0.3 is 5.97 Å². The third-order valence-electron chi connectivity index (χ3n) is 4.71. The van der Waals surface area contributed by atoms with Crippen LogP contribution >= 0.6 is 0 Å². The summed E-state index contributed by atoms with van der Waals surface area (Å²) in [6.07, 6.45) is -1.01. The number of carbonyl (C=O) groups excluding carboxylic acids is 2. The van der Waals surface area contributed by atoms with Gasteiger partial charge in [-0.3, -0.25) is 9.52 Å². The van der Waals surface area contributed by atoms with Crippen LogP contribution in [0.1, 0.15) is 22.8 Å². The van der Waals surface area contributed by atoms with Crippen molar-refractivity contribution >= 4 is 27.6 Å². The van der Waals surface area contributed by atoms with Crippen molar-refractivity contribution in [2.75, 3.05) is 11.8 Å². The standard InChI is InChI=1S/C24H24N2O6S/c1-17(23(27)25-16-18-6-4-3-5-7-18)32-24(28)19-8-14-22(15-9-19)33(29,30)26-20-10-12-21(31-2)13-11-20/h3-15,17,26H,16H2,1-2H3,(H,25,27). The summed E-state index contributed by atoms with van der Waals surface area (Å²) < 4.78 is 37.9. The fourth-order valence-electron chi connectivity index (χ4n) is 2.85. The van der Waals surface area contributed by atoms with E-state index in [-0.39, 0.29) is 10.5 Å². The molecule has 0 aromatic heterocycles. The highest BCUT2D eigenvalue weighted by Gasteiger charge is 2.20. The quantitative estimate of drug-likeness (QED) is 0.466. The molecule has 1 amide bonds. The normalized spacial score (nSPS) is 11.8. The monoisotopic (exact) mass is 468 g/mol. The summed E-state index contributed by atoms with van der Waals surface area (Å²) in [5.74, 6) is -0.566. The maximum Gasteiger partial charge on any atom is 0.338 e. The number of hydrogen-bond acceptors (Lipinski definition) is 6. The Balaban J connectivity index is 1.57. The van der Waals surface area contributed by atoms with Crippen molar-refractivity contribution in [2.24, 2.45) is 0 Å². The van der Waals surface area contributed by atoms with Crippen LogP contribution in [0.2, 0.25) is 0 Å². The number of amides is 1. The van der Waals surface area contributed by atoms with Crippen LogP contribution in [-0.4, -0.2) is 33.5 Å². The fraction of sp³-hybridized carbons (Fsp3) is 0.167. The highest BCUT2D eigenvalue weighted by Crippen LogP contribution is 2.20. The lowest BCUT2D eigenvalue weighted by molar-refractivity contribution is -0.129. The first kappa shape index (κ1) is 23.8. The molecule has 3 aromatic rings. The van der Waals surface area contributed by atoms with Crippen LogP contribution in [0.15, 0.2) is 83.8 Å². The van der Waals surface area contributed by atoms with E-state index in [0.29, 0.717) is 18.0 Å². The first-order valence-electron chi connectivity index (χ1n) is 10.1. The molecule has 0 radical (unpaired) electrons. The third-order valence-corrected chi connectivity index (χ3v) is 6.10. The Kier molecular flexibility index (Phi) is 7.68. The van der Waals surface area contributed by atoms with E-state index >= 15 is 0 Å². The lowest BCUT2D eigenvalue weighted by atomic mass is 10.2. The molecular weight excluding hydrogens is 444 g/mol. The van der Waals surface area contributed by atoms with E-state index in [9.17, 15) is 18.0 Å². The molecule has 0 heterocycles. The topological polar surface area (TPSA) is 111 Å². The smallest absolute Gasteiger partial charge is 0.338 e. The minimum atomic E-state index is -3.85. The Morgan fingerprint density at radius 2 is 1.55 bits per heavy atom. The minimum Gasteiger partial charge on any atom is -0.497 e. The molecule has 1 atom stereocenters. The van der Waals surface area contributed by atoms with Crippen LogP contribution in [0.3, 0.4) is 0 Å². The lowest BCUT2D eigenvalue weighted by Gasteiger charge is -2.14. The highest BCUT2D eigenvalue weighted by molar-refractivity contribution is 7.92. The number of carbonyl (C=O) groups is 2. The number of anilines is 1. The zero-order chi connectivity index (χ0) is 23.8. The molecule has 0 bridgehead atoms. The van der Waals surface area contributed by atoms with E-state index < -0.39 is 28.0 Å². The van der Waals surface area contributed by atoms with Gasteiger partial charge < -0.3 is 14.8 Å². The Labute approximate surface area is 192 Å². The average molecular weight is 469 g/mol. The van der Waals surface area contributed by atoms with Gasteiger partial charge in [-0.2, -0.15) is 0 Å². The van der Waals surface area contributed by atoms with Crippen LogP contribution in [0.25, 0.3) is 0 Å². The van der Waals surface area contributed by atoms with E-state index in [1.54, 1.807) is 24.3 Å². The predicted molar refractivity (Wildman–Crippen MR) is 123 cm³/mol. The first-order chi connectivity index (χ1) is 15.8. The molecule has 0 aliphatic rings. The predicted octanol–water partition coefficient (Wildman–Crippen LogP) is 3.36. The number of esters is 1. The fourth-order valence-corrected chi connectivity index (χ4v) is 3.91. The largest absolute Gasteiger partial charge is 0.497 e. The first-order valence-corrected chi connectivity index (χ1v) is 11.6. The van der Waals surface area contributed by atoms with E-state index in [0.717, 1.165) is 5.56 Å². The van der Waals surface area contributed by atoms with Crippen molar-refractivity contribution < 1.29 is 27.5 Å². The van der Waals surface area contributed by atoms with Gasteiger partial charge in [0.1, 0.15) is 5.75 Å². The Bertz CT molecular complexity index is 1190. The maximum absolute atomic E-state index is 12.6. The van der Waals surface area contributed by atoms with Gasteiger partial charge in [0.2, 0.25) is 0 Å². The van der Waals surface area contributed by atoms with Gasteiger partial charge in [0.05, 0.1) is 17.6 Å². The van der Waals surface area contributed by atoms with Crippen molar-refractivity contribution in [3.8, 4) is 5.75 Å². The van der Waals surface area contributed by atoms with E-state index in [1.807, 2.05) is 30.3 Å². The second-order valence-electron chi connectivity index (χ2n) is 7.11. The molecule has 8 nitrogen and oxygen atoms in total. The number of sulfonamides is 1. The lowest BCUT2D eigenvalue weighted by Crippen LogP contribution is -2.35. The molecule has 0 spiro atoms. The average Bonchev–Trinajstić information content (AvgIpc) is 2.83. The second kappa shape index (κ2) is 10.6. The zero-order valence-electron chi connectivity index (χ0n) is 18.1. The second-order valence-corrected chi connectivity index (χ2v) is 8.79. The van der Waals surface area contributed by atoms with Gasteiger partial charge in [0.15, 0.2) is 6.10 Å². The van der Waals surface area contributed by atoms with Gasteiger partial charge in [-0.15, -0.1) is 0 Å². The number of hydrogen-bond donors (Lipinski definition) is 2. The third kappa shape index (κ3) is 6.56. The Morgan fingerprint density at radius 1 is 0.909 bits per heavy atom. The molecule has 0 fully saturated rings. The van der Waals surface area contributed by atoms with Crippen LogP contribution in [-0.2, 0) is 26.1 Å². The van der Waals surface area contributed by atoms with E-state index in [1.165, 1.54) is 38.3 Å². The van der Waals surface area contributed by atoms with Crippen molar-refractivity contribution in [3.63, 3.8) is 0 Å². The van der Waals surface area contributed by atoms with Gasteiger partial charge in [-0.1, -0.05) is 30.3 Å². The number of rotatable bonds is 9. The molecule has 172 valence electrons. The maximum atomic E-state index is 12.6. The summed E-state index contributed by atoms with van der Waals surface area (Å²) in [6, 6.07) is 21.0. The molecule has 3 rings (SSSR count). The number of methoxy groups -OCH3 is 1. The summed E-state index contributed by atoms with van der Waals surface area (Å²) in [5, 5.41) is 2.70. The van der Waals surface area contributed by atoms with Crippen LogP contribution in [0.5, 0.6) is 5.75 Å². The van der Waals surface area contributed by atoms with Crippen LogP contribution in [0.4, 0.5) is 5.69 Å². The number of ether oxygens (including phenoxy) is 2. The minimum absolute atomic E-state index is 0.0245. The van der Waals surface area contributed by atoms with E-state index in [2.05, 4.69) is 10.0 Å². The Hall–Kier alpha value is -3.85. The SMILES string of the molecule is COc1ccc(NS(=O)(=O)c2ccc(C(=O)OC(C)C(=O)NCc3ccccc3)cc2)cc1.